The summed E-state index contributed by atoms with van der Waals surface area (Å²) >= 11 is 0. The highest BCUT2D eigenvalue weighted by Gasteiger charge is 2.28. The molecule has 1 aliphatic heterocycles. The van der Waals surface area contributed by atoms with Gasteiger partial charge in [-0.1, -0.05) is 13.8 Å². The van der Waals surface area contributed by atoms with Crippen LogP contribution in [-0.4, -0.2) is 9.55 Å². The van der Waals surface area contributed by atoms with Crippen molar-refractivity contribution in [1.29, 1.82) is 0 Å². The summed E-state index contributed by atoms with van der Waals surface area (Å²) in [5.41, 5.74) is 3.04. The van der Waals surface area contributed by atoms with Gasteiger partial charge in [-0.25, -0.2) is 4.98 Å². The molecule has 2 unspecified atom stereocenters. The molecule has 0 radical (unpaired) electrons. The Hall–Kier alpha value is -0.790. The molecule has 0 N–H and O–H groups in total. The molecule has 2 heteroatoms. The van der Waals surface area contributed by atoms with E-state index in [9.17, 15) is 0 Å². The van der Waals surface area contributed by atoms with Gasteiger partial charge >= 0.3 is 0 Å². The fourth-order valence-electron chi connectivity index (χ4n) is 3.38. The minimum atomic E-state index is 0.747. The molecule has 1 aliphatic carbocycles. The lowest BCUT2D eigenvalue weighted by atomic mass is 9.88. The van der Waals surface area contributed by atoms with E-state index in [1.54, 1.807) is 5.69 Å². The van der Waals surface area contributed by atoms with Crippen LogP contribution in [0, 0.1) is 5.92 Å². The Labute approximate surface area is 98.1 Å². The minimum Gasteiger partial charge on any atom is -0.331 e. The highest BCUT2D eigenvalue weighted by Crippen LogP contribution is 2.35. The summed E-state index contributed by atoms with van der Waals surface area (Å²) < 4.78 is 2.55. The molecule has 0 spiro atoms. The Kier molecular flexibility index (Phi) is 2.53. The zero-order chi connectivity index (χ0) is 11.1. The van der Waals surface area contributed by atoms with E-state index in [-0.39, 0.29) is 0 Å². The Morgan fingerprint density at radius 2 is 2.19 bits per heavy atom. The van der Waals surface area contributed by atoms with Gasteiger partial charge in [0.05, 0.1) is 5.69 Å². The van der Waals surface area contributed by atoms with Crippen molar-refractivity contribution in [3.63, 3.8) is 0 Å². The summed E-state index contributed by atoms with van der Waals surface area (Å²) in [5, 5.41) is 0. The second kappa shape index (κ2) is 3.90. The van der Waals surface area contributed by atoms with Crippen LogP contribution in [0.1, 0.15) is 62.7 Å². The maximum Gasteiger partial charge on any atom is 0.109 e. The lowest BCUT2D eigenvalue weighted by molar-refractivity contribution is 0.383. The lowest BCUT2D eigenvalue weighted by Gasteiger charge is -2.25. The number of imidazole rings is 1. The van der Waals surface area contributed by atoms with Gasteiger partial charge in [0.25, 0.3) is 0 Å². The molecule has 0 saturated carbocycles. The number of rotatable bonds is 1. The quantitative estimate of drug-likeness (QED) is 0.707. The second-order valence-electron chi connectivity index (χ2n) is 5.61. The van der Waals surface area contributed by atoms with Gasteiger partial charge in [0.15, 0.2) is 0 Å². The highest BCUT2D eigenvalue weighted by atomic mass is 15.1. The Balaban J connectivity index is 2.03. The summed E-state index contributed by atoms with van der Waals surface area (Å²) in [6.07, 6.45) is 7.78. The fourth-order valence-corrected chi connectivity index (χ4v) is 3.38. The predicted molar refractivity (Wildman–Crippen MR) is 65.7 cm³/mol. The van der Waals surface area contributed by atoms with Crippen LogP contribution in [0.5, 0.6) is 0 Å². The van der Waals surface area contributed by atoms with Crippen molar-refractivity contribution >= 4 is 0 Å². The van der Waals surface area contributed by atoms with Crippen LogP contribution in [0.4, 0.5) is 0 Å². The Morgan fingerprint density at radius 1 is 1.31 bits per heavy atom. The molecule has 1 aromatic heterocycles. The monoisotopic (exact) mass is 218 g/mol. The normalized spacial score (nSPS) is 28.6. The average Bonchev–Trinajstić information content (AvgIpc) is 2.67. The Morgan fingerprint density at radius 3 is 3.00 bits per heavy atom. The molecule has 16 heavy (non-hydrogen) atoms. The number of hydrogen-bond donors (Lipinski definition) is 0. The van der Waals surface area contributed by atoms with E-state index in [1.165, 1.54) is 56.6 Å². The van der Waals surface area contributed by atoms with E-state index in [1.807, 2.05) is 0 Å². The smallest absolute Gasteiger partial charge is 0.109 e. The van der Waals surface area contributed by atoms with Gasteiger partial charge in [0, 0.05) is 24.6 Å². The summed E-state index contributed by atoms with van der Waals surface area (Å²) in [6.45, 7) is 5.89. The van der Waals surface area contributed by atoms with Gasteiger partial charge < -0.3 is 4.57 Å². The average molecular weight is 218 g/mol. The van der Waals surface area contributed by atoms with Crippen molar-refractivity contribution in [2.45, 2.75) is 64.8 Å². The third-order valence-corrected chi connectivity index (χ3v) is 4.38. The van der Waals surface area contributed by atoms with Crippen molar-refractivity contribution < 1.29 is 0 Å². The zero-order valence-electron chi connectivity index (χ0n) is 10.5. The summed E-state index contributed by atoms with van der Waals surface area (Å²) in [7, 11) is 0. The van der Waals surface area contributed by atoms with Gasteiger partial charge in [-0.3, -0.25) is 0 Å². The highest BCUT2D eigenvalue weighted by molar-refractivity contribution is 5.25. The first-order valence-corrected chi connectivity index (χ1v) is 6.87. The molecular formula is C14H22N2. The van der Waals surface area contributed by atoms with Crippen molar-refractivity contribution in [2.24, 2.45) is 5.92 Å². The van der Waals surface area contributed by atoms with E-state index in [0.29, 0.717) is 0 Å². The van der Waals surface area contributed by atoms with Crippen LogP contribution < -0.4 is 0 Å². The van der Waals surface area contributed by atoms with Gasteiger partial charge in [-0.2, -0.15) is 0 Å². The van der Waals surface area contributed by atoms with Crippen LogP contribution in [0.25, 0.3) is 0 Å². The number of nitrogens with zero attached hydrogens (tertiary/aromatic N) is 2. The zero-order valence-corrected chi connectivity index (χ0v) is 10.5. The molecule has 2 nitrogen and oxygen atoms in total. The number of fused-ring (bicyclic) bond motifs is 3. The van der Waals surface area contributed by atoms with Gasteiger partial charge in [0.1, 0.15) is 5.82 Å². The fraction of sp³-hybridized carbons (Fsp3) is 0.786. The number of aromatic nitrogens is 2. The van der Waals surface area contributed by atoms with Crippen LogP contribution in [-0.2, 0) is 19.4 Å². The van der Waals surface area contributed by atoms with Crippen LogP contribution in [0.3, 0.4) is 0 Å². The van der Waals surface area contributed by atoms with Gasteiger partial charge in [-0.15, -0.1) is 0 Å². The third-order valence-electron chi connectivity index (χ3n) is 4.38. The van der Waals surface area contributed by atoms with E-state index in [0.717, 1.165) is 11.8 Å². The SMILES string of the molecule is CCC1CCCc2c1nc1n2CC(C)CC1. The van der Waals surface area contributed by atoms with Gasteiger partial charge in [0.2, 0.25) is 0 Å². The second-order valence-corrected chi connectivity index (χ2v) is 5.61. The van der Waals surface area contributed by atoms with Gasteiger partial charge in [-0.05, 0) is 38.0 Å². The van der Waals surface area contributed by atoms with E-state index in [2.05, 4.69) is 18.4 Å². The van der Waals surface area contributed by atoms with E-state index in [4.69, 9.17) is 4.98 Å². The molecule has 2 atom stereocenters. The first-order valence-electron chi connectivity index (χ1n) is 6.87. The van der Waals surface area contributed by atoms with Crippen LogP contribution in [0.15, 0.2) is 0 Å². The lowest BCUT2D eigenvalue weighted by Crippen LogP contribution is -2.20. The molecule has 88 valence electrons. The molecular weight excluding hydrogens is 196 g/mol. The largest absolute Gasteiger partial charge is 0.331 e. The molecule has 0 fully saturated rings. The molecule has 3 rings (SSSR count). The molecule has 0 saturated heterocycles. The standard InChI is InChI=1S/C14H22N2/c1-3-11-5-4-6-12-14(11)15-13-8-7-10(2)9-16(12)13/h10-11H,3-9H2,1-2H3. The molecule has 1 aromatic rings. The van der Waals surface area contributed by atoms with Crippen molar-refractivity contribution in [2.75, 3.05) is 0 Å². The molecule has 2 heterocycles. The van der Waals surface area contributed by atoms with Crippen LogP contribution >= 0.6 is 0 Å². The minimum absolute atomic E-state index is 0.747. The van der Waals surface area contributed by atoms with E-state index < -0.39 is 0 Å². The first-order chi connectivity index (χ1) is 7.79. The Bertz CT molecular complexity index is 392. The molecule has 0 aromatic carbocycles. The predicted octanol–water partition coefficient (Wildman–Crippen LogP) is 3.30. The topological polar surface area (TPSA) is 17.8 Å². The first kappa shape index (κ1) is 10.4. The van der Waals surface area contributed by atoms with Crippen molar-refractivity contribution in [1.82, 2.24) is 9.55 Å². The van der Waals surface area contributed by atoms with E-state index >= 15 is 0 Å². The van der Waals surface area contributed by atoms with Crippen molar-refractivity contribution in [3.8, 4) is 0 Å². The molecule has 0 amide bonds. The summed E-state index contributed by atoms with van der Waals surface area (Å²) in [5.74, 6) is 2.97. The summed E-state index contributed by atoms with van der Waals surface area (Å²) in [4.78, 5) is 4.94. The summed E-state index contributed by atoms with van der Waals surface area (Å²) in [6, 6.07) is 0. The molecule has 2 aliphatic rings. The van der Waals surface area contributed by atoms with Crippen molar-refractivity contribution in [3.05, 3.63) is 17.2 Å². The molecule has 0 bridgehead atoms. The third kappa shape index (κ3) is 1.50. The number of hydrogen-bond acceptors (Lipinski definition) is 1. The number of aryl methyl sites for hydroxylation is 1. The maximum absolute atomic E-state index is 4.94. The maximum atomic E-state index is 4.94. The van der Waals surface area contributed by atoms with Crippen LogP contribution in [0.2, 0.25) is 0 Å².